The van der Waals surface area contributed by atoms with Crippen molar-refractivity contribution in [1.29, 1.82) is 0 Å². The van der Waals surface area contributed by atoms with E-state index < -0.39 is 0 Å². The molecule has 0 amide bonds. The summed E-state index contributed by atoms with van der Waals surface area (Å²) in [4.78, 5) is 17.0. The fraction of sp³-hybridized carbons (Fsp3) is 0.0909. The van der Waals surface area contributed by atoms with E-state index >= 15 is 0 Å². The Morgan fingerprint density at radius 3 is 3.06 bits per heavy atom. The monoisotopic (exact) mass is 309 g/mol. The second-order valence-corrected chi connectivity index (χ2v) is 5.43. The van der Waals surface area contributed by atoms with Crippen LogP contribution in [0.1, 0.15) is 5.69 Å². The first-order chi connectivity index (χ1) is 8.22. The van der Waals surface area contributed by atoms with Crippen molar-refractivity contribution in [3.8, 4) is 0 Å². The third-order valence-corrected chi connectivity index (χ3v) is 3.66. The standard InChI is InChI=1S/C11H8BrN3OS/c12-8-1-2-10(16)15(5-8)7-9-6-14-3-4-17-11(14)13-9/h1-6H,7H2. The van der Waals surface area contributed by atoms with Gasteiger partial charge in [0.2, 0.25) is 0 Å². The quantitative estimate of drug-likeness (QED) is 0.729. The van der Waals surface area contributed by atoms with Crippen LogP contribution in [0.4, 0.5) is 0 Å². The van der Waals surface area contributed by atoms with E-state index in [2.05, 4.69) is 20.9 Å². The van der Waals surface area contributed by atoms with Gasteiger partial charge in [0.25, 0.3) is 5.56 Å². The van der Waals surface area contributed by atoms with Gasteiger partial charge in [-0.3, -0.25) is 9.20 Å². The summed E-state index contributed by atoms with van der Waals surface area (Å²) < 4.78 is 4.48. The number of rotatable bonds is 2. The van der Waals surface area contributed by atoms with Crippen LogP contribution in [0, 0.1) is 0 Å². The molecule has 0 saturated heterocycles. The highest BCUT2D eigenvalue weighted by Crippen LogP contribution is 2.12. The first-order valence-electron chi connectivity index (χ1n) is 4.99. The highest BCUT2D eigenvalue weighted by atomic mass is 79.9. The lowest BCUT2D eigenvalue weighted by molar-refractivity contribution is 0.741. The van der Waals surface area contributed by atoms with Gasteiger partial charge in [0, 0.05) is 34.5 Å². The Morgan fingerprint density at radius 1 is 1.35 bits per heavy atom. The molecule has 0 bridgehead atoms. The van der Waals surface area contributed by atoms with Crippen LogP contribution < -0.4 is 5.56 Å². The molecule has 0 unspecified atom stereocenters. The van der Waals surface area contributed by atoms with E-state index in [0.29, 0.717) is 6.54 Å². The van der Waals surface area contributed by atoms with Gasteiger partial charge in [0.15, 0.2) is 4.96 Å². The predicted molar refractivity (Wildman–Crippen MR) is 70.6 cm³/mol. The van der Waals surface area contributed by atoms with E-state index in [9.17, 15) is 4.79 Å². The van der Waals surface area contributed by atoms with E-state index in [4.69, 9.17) is 0 Å². The fourth-order valence-corrected chi connectivity index (χ4v) is 2.75. The molecule has 3 heterocycles. The van der Waals surface area contributed by atoms with Crippen molar-refractivity contribution in [2.24, 2.45) is 0 Å². The van der Waals surface area contributed by atoms with Gasteiger partial charge >= 0.3 is 0 Å². The minimum Gasteiger partial charge on any atom is -0.308 e. The Morgan fingerprint density at radius 2 is 2.24 bits per heavy atom. The lowest BCUT2D eigenvalue weighted by Crippen LogP contribution is -2.18. The average molecular weight is 310 g/mol. The largest absolute Gasteiger partial charge is 0.308 e. The van der Waals surface area contributed by atoms with Crippen LogP contribution in [0.15, 0.2) is 45.4 Å². The summed E-state index contributed by atoms with van der Waals surface area (Å²) in [5.74, 6) is 0. The van der Waals surface area contributed by atoms with Crippen molar-refractivity contribution in [3.05, 3.63) is 56.6 Å². The molecule has 0 atom stereocenters. The van der Waals surface area contributed by atoms with Crippen molar-refractivity contribution in [1.82, 2.24) is 14.0 Å². The van der Waals surface area contributed by atoms with Crippen molar-refractivity contribution in [3.63, 3.8) is 0 Å². The Balaban J connectivity index is 1.99. The van der Waals surface area contributed by atoms with Gasteiger partial charge in [-0.2, -0.15) is 0 Å². The minimum absolute atomic E-state index is 0.0236. The lowest BCUT2D eigenvalue weighted by atomic mass is 10.4. The highest BCUT2D eigenvalue weighted by Gasteiger charge is 2.04. The molecule has 0 aliphatic rings. The van der Waals surface area contributed by atoms with Gasteiger partial charge in [-0.05, 0) is 22.0 Å². The number of hydrogen-bond acceptors (Lipinski definition) is 3. The van der Waals surface area contributed by atoms with E-state index in [-0.39, 0.29) is 5.56 Å². The molecular formula is C11H8BrN3OS. The number of nitrogens with zero attached hydrogens (tertiary/aromatic N) is 3. The summed E-state index contributed by atoms with van der Waals surface area (Å²) in [7, 11) is 0. The average Bonchev–Trinajstić information content (AvgIpc) is 2.83. The zero-order valence-electron chi connectivity index (χ0n) is 8.71. The van der Waals surface area contributed by atoms with Gasteiger partial charge in [0.1, 0.15) is 0 Å². The minimum atomic E-state index is -0.0236. The summed E-state index contributed by atoms with van der Waals surface area (Å²) >= 11 is 4.93. The Hall–Kier alpha value is -1.40. The van der Waals surface area contributed by atoms with E-state index in [1.165, 1.54) is 0 Å². The predicted octanol–water partition coefficient (Wildman–Crippen LogP) is 2.37. The molecule has 0 spiro atoms. The molecule has 0 fully saturated rings. The normalized spacial score (nSPS) is 11.1. The third kappa shape index (κ3) is 2.05. The maximum Gasteiger partial charge on any atom is 0.250 e. The molecule has 0 N–H and O–H groups in total. The van der Waals surface area contributed by atoms with Gasteiger partial charge in [0.05, 0.1) is 12.2 Å². The molecule has 86 valence electrons. The molecule has 4 nitrogen and oxygen atoms in total. The summed E-state index contributed by atoms with van der Waals surface area (Å²) in [5, 5.41) is 1.98. The fourth-order valence-electron chi connectivity index (χ4n) is 1.65. The van der Waals surface area contributed by atoms with Crippen molar-refractivity contribution >= 4 is 32.2 Å². The van der Waals surface area contributed by atoms with Crippen LogP contribution >= 0.6 is 27.3 Å². The molecule has 17 heavy (non-hydrogen) atoms. The van der Waals surface area contributed by atoms with Crippen LogP contribution in [0.5, 0.6) is 0 Å². The second-order valence-electron chi connectivity index (χ2n) is 3.64. The summed E-state index contributed by atoms with van der Waals surface area (Å²) in [5.41, 5.74) is 0.863. The van der Waals surface area contributed by atoms with Gasteiger partial charge in [-0.1, -0.05) is 0 Å². The van der Waals surface area contributed by atoms with Gasteiger partial charge in [-0.15, -0.1) is 11.3 Å². The summed E-state index contributed by atoms with van der Waals surface area (Å²) in [6.45, 7) is 0.493. The van der Waals surface area contributed by atoms with Gasteiger partial charge in [-0.25, -0.2) is 4.98 Å². The molecular weight excluding hydrogens is 302 g/mol. The van der Waals surface area contributed by atoms with Crippen molar-refractivity contribution in [2.45, 2.75) is 6.54 Å². The Bertz CT molecular complexity index is 699. The number of thiazole rings is 1. The molecule has 3 aromatic rings. The first-order valence-corrected chi connectivity index (χ1v) is 6.67. The second kappa shape index (κ2) is 4.12. The third-order valence-electron chi connectivity index (χ3n) is 2.42. The summed E-state index contributed by atoms with van der Waals surface area (Å²) in [6.07, 6.45) is 5.68. The number of hydrogen-bond donors (Lipinski definition) is 0. The maximum atomic E-state index is 11.6. The summed E-state index contributed by atoms with van der Waals surface area (Å²) in [6, 6.07) is 3.28. The molecule has 0 radical (unpaired) electrons. The number of fused-ring (bicyclic) bond motifs is 1. The van der Waals surface area contributed by atoms with Crippen molar-refractivity contribution in [2.75, 3.05) is 0 Å². The topological polar surface area (TPSA) is 39.3 Å². The van der Waals surface area contributed by atoms with Crippen LogP contribution in [0.3, 0.4) is 0 Å². The molecule has 0 aliphatic heterocycles. The molecule has 0 aromatic carbocycles. The van der Waals surface area contributed by atoms with Crippen LogP contribution in [-0.2, 0) is 6.54 Å². The van der Waals surface area contributed by atoms with E-state index in [0.717, 1.165) is 15.1 Å². The van der Waals surface area contributed by atoms with E-state index in [1.807, 2.05) is 22.2 Å². The molecule has 0 aliphatic carbocycles. The zero-order valence-corrected chi connectivity index (χ0v) is 11.1. The van der Waals surface area contributed by atoms with Crippen molar-refractivity contribution < 1.29 is 0 Å². The van der Waals surface area contributed by atoms with E-state index in [1.54, 1.807) is 34.2 Å². The lowest BCUT2D eigenvalue weighted by Gasteiger charge is -2.02. The zero-order chi connectivity index (χ0) is 11.8. The Kier molecular flexibility index (Phi) is 2.60. The van der Waals surface area contributed by atoms with Crippen LogP contribution in [-0.4, -0.2) is 14.0 Å². The number of imidazole rings is 1. The maximum absolute atomic E-state index is 11.6. The van der Waals surface area contributed by atoms with Crippen LogP contribution in [0.2, 0.25) is 0 Å². The molecule has 0 saturated carbocycles. The van der Waals surface area contributed by atoms with Crippen LogP contribution in [0.25, 0.3) is 4.96 Å². The SMILES string of the molecule is O=c1ccc(Br)cn1Cc1cn2ccsc2n1. The highest BCUT2D eigenvalue weighted by molar-refractivity contribution is 9.10. The first kappa shape index (κ1) is 10.7. The number of halogens is 1. The molecule has 3 aromatic heterocycles. The molecule has 6 heteroatoms. The number of aromatic nitrogens is 3. The number of pyridine rings is 1. The Labute approximate surface area is 109 Å². The smallest absolute Gasteiger partial charge is 0.250 e. The van der Waals surface area contributed by atoms with Gasteiger partial charge < -0.3 is 4.57 Å². The molecule has 3 rings (SSSR count).